The van der Waals surface area contributed by atoms with Gasteiger partial charge < -0.3 is 5.32 Å². The van der Waals surface area contributed by atoms with Crippen LogP contribution in [0.3, 0.4) is 0 Å². The van der Waals surface area contributed by atoms with Crippen molar-refractivity contribution in [3.63, 3.8) is 0 Å². The Morgan fingerprint density at radius 1 is 1.33 bits per heavy atom. The van der Waals surface area contributed by atoms with Gasteiger partial charge in [-0.25, -0.2) is 8.42 Å². The highest BCUT2D eigenvalue weighted by Crippen LogP contribution is 2.23. The predicted molar refractivity (Wildman–Crippen MR) is 86.3 cm³/mol. The molecule has 1 atom stereocenters. The average Bonchev–Trinajstić information content (AvgIpc) is 2.70. The molecular weight excluding hydrogens is 306 g/mol. The molecule has 6 heteroatoms. The van der Waals surface area contributed by atoms with Crippen molar-refractivity contribution >= 4 is 27.5 Å². The highest BCUT2D eigenvalue weighted by molar-refractivity contribution is 7.99. The van der Waals surface area contributed by atoms with E-state index in [0.29, 0.717) is 18.1 Å². The van der Waals surface area contributed by atoms with Crippen molar-refractivity contribution in [1.29, 1.82) is 0 Å². The quantitative estimate of drug-likeness (QED) is 0.841. The van der Waals surface area contributed by atoms with Gasteiger partial charge in [0.15, 0.2) is 9.84 Å². The monoisotopic (exact) mass is 327 g/mol. The van der Waals surface area contributed by atoms with Crippen LogP contribution in [0.25, 0.3) is 0 Å². The molecule has 1 heterocycles. The SMILES string of the molecule is CC(C)Sc1ccc(CC(=O)NC2CCS(=O)(=O)C2)cc1. The number of thioether (sulfide) groups is 1. The van der Waals surface area contributed by atoms with Crippen LogP contribution in [0.4, 0.5) is 0 Å². The number of rotatable bonds is 5. The summed E-state index contributed by atoms with van der Waals surface area (Å²) < 4.78 is 22.7. The summed E-state index contributed by atoms with van der Waals surface area (Å²) >= 11 is 1.78. The number of carbonyl (C=O) groups is 1. The minimum Gasteiger partial charge on any atom is -0.352 e. The molecule has 21 heavy (non-hydrogen) atoms. The number of carbonyl (C=O) groups excluding carboxylic acids is 1. The van der Waals surface area contributed by atoms with Crippen LogP contribution in [-0.2, 0) is 21.1 Å². The summed E-state index contributed by atoms with van der Waals surface area (Å²) in [6.45, 7) is 4.28. The molecule has 0 spiro atoms. The maximum absolute atomic E-state index is 11.9. The molecule has 1 aromatic rings. The third-order valence-electron chi connectivity index (χ3n) is 3.26. The van der Waals surface area contributed by atoms with E-state index in [1.54, 1.807) is 11.8 Å². The lowest BCUT2D eigenvalue weighted by Crippen LogP contribution is -2.36. The van der Waals surface area contributed by atoms with Gasteiger partial charge in [0, 0.05) is 16.2 Å². The van der Waals surface area contributed by atoms with Crippen LogP contribution in [0.1, 0.15) is 25.8 Å². The molecule has 0 aliphatic carbocycles. The van der Waals surface area contributed by atoms with E-state index in [4.69, 9.17) is 0 Å². The summed E-state index contributed by atoms with van der Waals surface area (Å²) in [6.07, 6.45) is 0.821. The van der Waals surface area contributed by atoms with Crippen molar-refractivity contribution in [2.75, 3.05) is 11.5 Å². The second-order valence-corrected chi connectivity index (χ2v) is 9.53. The van der Waals surface area contributed by atoms with Crippen LogP contribution in [0.5, 0.6) is 0 Å². The summed E-state index contributed by atoms with van der Waals surface area (Å²) in [7, 11) is -2.95. The second kappa shape index (κ2) is 6.83. The summed E-state index contributed by atoms with van der Waals surface area (Å²) in [4.78, 5) is 13.1. The van der Waals surface area contributed by atoms with E-state index in [2.05, 4.69) is 19.2 Å². The molecule has 4 nitrogen and oxygen atoms in total. The number of benzene rings is 1. The Hall–Kier alpha value is -1.01. The van der Waals surface area contributed by atoms with E-state index in [1.807, 2.05) is 24.3 Å². The largest absolute Gasteiger partial charge is 0.352 e. The molecule has 1 unspecified atom stereocenters. The third kappa shape index (κ3) is 5.36. The summed E-state index contributed by atoms with van der Waals surface area (Å²) in [5.74, 6) is 0.142. The van der Waals surface area contributed by atoms with Crippen molar-refractivity contribution in [3.8, 4) is 0 Å². The van der Waals surface area contributed by atoms with E-state index in [-0.39, 0.29) is 23.5 Å². The minimum absolute atomic E-state index is 0.0721. The zero-order valence-electron chi connectivity index (χ0n) is 12.3. The molecule has 1 amide bonds. The van der Waals surface area contributed by atoms with Gasteiger partial charge in [0.2, 0.25) is 5.91 Å². The fraction of sp³-hybridized carbons (Fsp3) is 0.533. The van der Waals surface area contributed by atoms with Gasteiger partial charge in [-0.1, -0.05) is 26.0 Å². The van der Waals surface area contributed by atoms with Gasteiger partial charge in [-0.05, 0) is 24.1 Å². The molecule has 0 bridgehead atoms. The Bertz CT molecular complexity index is 594. The van der Waals surface area contributed by atoms with Gasteiger partial charge in [-0.3, -0.25) is 4.79 Å². The summed E-state index contributed by atoms with van der Waals surface area (Å²) in [6, 6.07) is 7.73. The van der Waals surface area contributed by atoms with Crippen molar-refractivity contribution in [3.05, 3.63) is 29.8 Å². The summed E-state index contributed by atoms with van der Waals surface area (Å²) in [5, 5.41) is 3.34. The zero-order chi connectivity index (χ0) is 15.5. The Morgan fingerprint density at radius 3 is 2.52 bits per heavy atom. The van der Waals surface area contributed by atoms with Crippen molar-refractivity contribution < 1.29 is 13.2 Å². The molecule has 1 saturated heterocycles. The third-order valence-corrected chi connectivity index (χ3v) is 6.04. The number of hydrogen-bond acceptors (Lipinski definition) is 4. The van der Waals surface area contributed by atoms with Crippen LogP contribution in [0.2, 0.25) is 0 Å². The molecule has 0 radical (unpaired) electrons. The number of nitrogens with one attached hydrogen (secondary N) is 1. The van der Waals surface area contributed by atoms with Crippen LogP contribution in [0, 0.1) is 0 Å². The first-order chi connectivity index (χ1) is 9.84. The van der Waals surface area contributed by atoms with E-state index in [9.17, 15) is 13.2 Å². The normalized spacial score (nSPS) is 20.6. The fourth-order valence-corrected chi connectivity index (χ4v) is 4.84. The van der Waals surface area contributed by atoms with Gasteiger partial charge in [-0.2, -0.15) is 0 Å². The maximum Gasteiger partial charge on any atom is 0.224 e. The highest BCUT2D eigenvalue weighted by atomic mass is 32.2. The minimum atomic E-state index is -2.95. The van der Waals surface area contributed by atoms with Crippen LogP contribution in [-0.4, -0.2) is 37.1 Å². The molecule has 0 saturated carbocycles. The lowest BCUT2D eigenvalue weighted by atomic mass is 10.1. The molecule has 2 rings (SSSR count). The Balaban J connectivity index is 1.85. The predicted octanol–water partition coefficient (Wildman–Crippen LogP) is 2.03. The highest BCUT2D eigenvalue weighted by Gasteiger charge is 2.28. The molecule has 1 aliphatic rings. The maximum atomic E-state index is 11.9. The molecule has 0 aromatic heterocycles. The standard InChI is InChI=1S/C15H21NO3S2/c1-11(2)20-14-5-3-12(4-6-14)9-15(17)16-13-7-8-21(18,19)10-13/h3-6,11,13H,7-10H2,1-2H3,(H,16,17). The van der Waals surface area contributed by atoms with Crippen molar-refractivity contribution in [2.24, 2.45) is 0 Å². The first kappa shape index (κ1) is 16.4. The second-order valence-electron chi connectivity index (χ2n) is 5.65. The summed E-state index contributed by atoms with van der Waals surface area (Å²) in [5.41, 5.74) is 0.946. The lowest BCUT2D eigenvalue weighted by Gasteiger charge is -2.11. The van der Waals surface area contributed by atoms with Gasteiger partial charge in [0.1, 0.15) is 0 Å². The Morgan fingerprint density at radius 2 is 2.00 bits per heavy atom. The van der Waals surface area contributed by atoms with Crippen LogP contribution in [0.15, 0.2) is 29.2 Å². The number of amides is 1. The molecule has 1 N–H and O–H groups in total. The van der Waals surface area contributed by atoms with Gasteiger partial charge in [0.05, 0.1) is 17.9 Å². The average molecular weight is 327 g/mol. The smallest absolute Gasteiger partial charge is 0.224 e. The number of sulfone groups is 1. The fourth-order valence-electron chi connectivity index (χ4n) is 2.33. The lowest BCUT2D eigenvalue weighted by molar-refractivity contribution is -0.120. The molecule has 1 aliphatic heterocycles. The van der Waals surface area contributed by atoms with Crippen molar-refractivity contribution in [1.82, 2.24) is 5.32 Å². The van der Waals surface area contributed by atoms with Gasteiger partial charge in [0.25, 0.3) is 0 Å². The topological polar surface area (TPSA) is 63.2 Å². The van der Waals surface area contributed by atoms with Crippen LogP contribution < -0.4 is 5.32 Å². The van der Waals surface area contributed by atoms with Gasteiger partial charge >= 0.3 is 0 Å². The van der Waals surface area contributed by atoms with E-state index in [0.717, 1.165) is 5.56 Å². The first-order valence-electron chi connectivity index (χ1n) is 7.09. The van der Waals surface area contributed by atoms with Crippen LogP contribution >= 0.6 is 11.8 Å². The van der Waals surface area contributed by atoms with E-state index < -0.39 is 9.84 Å². The van der Waals surface area contributed by atoms with E-state index in [1.165, 1.54) is 4.90 Å². The molecular formula is C15H21NO3S2. The Labute approximate surface area is 130 Å². The zero-order valence-corrected chi connectivity index (χ0v) is 14.0. The van der Waals surface area contributed by atoms with E-state index >= 15 is 0 Å². The van der Waals surface area contributed by atoms with Gasteiger partial charge in [-0.15, -0.1) is 11.8 Å². The van der Waals surface area contributed by atoms with Crippen molar-refractivity contribution in [2.45, 2.75) is 42.9 Å². The molecule has 1 fully saturated rings. The number of hydrogen-bond donors (Lipinski definition) is 1. The Kier molecular flexibility index (Phi) is 5.32. The molecule has 116 valence electrons. The molecule has 1 aromatic carbocycles. The first-order valence-corrected chi connectivity index (χ1v) is 9.79.